The van der Waals surface area contributed by atoms with E-state index < -0.39 is 0 Å². The molecule has 6 rings (SSSR count). The molecule has 4 aromatic carbocycles. The van der Waals surface area contributed by atoms with E-state index in [0.29, 0.717) is 0 Å². The first-order valence-electron chi connectivity index (χ1n) is 12.0. The molecule has 2 heterocycles. The van der Waals surface area contributed by atoms with Crippen LogP contribution in [0, 0.1) is 0 Å². The summed E-state index contributed by atoms with van der Waals surface area (Å²) in [6.45, 7) is 2.32. The highest BCUT2D eigenvalue weighted by Gasteiger charge is 2.30. The Labute approximate surface area is 196 Å². The fourth-order valence-corrected chi connectivity index (χ4v) is 5.42. The van der Waals surface area contributed by atoms with Gasteiger partial charge in [0.15, 0.2) is 0 Å². The van der Waals surface area contributed by atoms with Gasteiger partial charge in [0.2, 0.25) is 0 Å². The lowest BCUT2D eigenvalue weighted by Crippen LogP contribution is -2.35. The van der Waals surface area contributed by atoms with Crippen LogP contribution in [-0.4, -0.2) is 13.1 Å². The van der Waals surface area contributed by atoms with E-state index in [9.17, 15) is 0 Å². The van der Waals surface area contributed by atoms with E-state index in [-0.39, 0.29) is 0 Å². The molecule has 0 atom stereocenters. The van der Waals surface area contributed by atoms with Crippen molar-refractivity contribution < 1.29 is 0 Å². The normalized spacial score (nSPS) is 14.5. The summed E-state index contributed by atoms with van der Waals surface area (Å²) in [6, 6.07) is 34.5. The van der Waals surface area contributed by atoms with E-state index in [2.05, 4.69) is 112 Å². The molecular formula is C30H29N3. The molecule has 2 aliphatic rings. The highest BCUT2D eigenvalue weighted by Crippen LogP contribution is 2.48. The molecule has 0 bridgehead atoms. The van der Waals surface area contributed by atoms with Crippen molar-refractivity contribution in [2.75, 3.05) is 28.2 Å². The summed E-state index contributed by atoms with van der Waals surface area (Å²) in [4.78, 5) is 5.06. The Morgan fingerprint density at radius 1 is 0.636 bits per heavy atom. The lowest BCUT2D eigenvalue weighted by molar-refractivity contribution is 0.635. The molecule has 2 aliphatic heterocycles. The van der Waals surface area contributed by atoms with E-state index in [4.69, 9.17) is 0 Å². The summed E-state index contributed by atoms with van der Waals surface area (Å²) < 4.78 is 0. The number of anilines is 6. The fraction of sp³-hybridized carbons (Fsp3) is 0.200. The quantitative estimate of drug-likeness (QED) is 0.351. The summed E-state index contributed by atoms with van der Waals surface area (Å²) in [5, 5.41) is 3.77. The van der Waals surface area contributed by atoms with Gasteiger partial charge in [-0.25, -0.2) is 0 Å². The van der Waals surface area contributed by atoms with Crippen LogP contribution in [0.2, 0.25) is 0 Å². The second-order valence-corrected chi connectivity index (χ2v) is 8.94. The van der Waals surface area contributed by atoms with E-state index >= 15 is 0 Å². The largest absolute Gasteiger partial charge is 0.371 e. The van der Waals surface area contributed by atoms with E-state index in [1.54, 1.807) is 0 Å². The number of nitrogens with one attached hydrogen (secondary N) is 1. The Morgan fingerprint density at radius 3 is 1.79 bits per heavy atom. The Morgan fingerprint density at radius 2 is 1.18 bits per heavy atom. The van der Waals surface area contributed by atoms with Crippen LogP contribution in [0.5, 0.6) is 0 Å². The van der Waals surface area contributed by atoms with Crippen molar-refractivity contribution in [2.45, 2.75) is 25.7 Å². The fourth-order valence-electron chi connectivity index (χ4n) is 5.42. The summed E-state index contributed by atoms with van der Waals surface area (Å²) in [5.41, 5.74) is 10.5. The maximum Gasteiger partial charge on any atom is 0.0535 e. The third-order valence-electron chi connectivity index (χ3n) is 6.84. The van der Waals surface area contributed by atoms with Crippen LogP contribution in [0.4, 0.5) is 34.1 Å². The summed E-state index contributed by atoms with van der Waals surface area (Å²) >= 11 is 0. The van der Waals surface area contributed by atoms with Crippen LogP contribution >= 0.6 is 0 Å². The molecule has 0 unspecified atom stereocenters. The minimum atomic E-state index is 1.12. The first kappa shape index (κ1) is 19.9. The predicted octanol–water partition coefficient (Wildman–Crippen LogP) is 7.60. The molecule has 1 N–H and O–H groups in total. The molecule has 0 saturated carbocycles. The number of rotatable bonds is 5. The topological polar surface area (TPSA) is 18.5 Å². The molecule has 164 valence electrons. The second-order valence-electron chi connectivity index (χ2n) is 8.94. The Balaban J connectivity index is 1.59. The van der Waals surface area contributed by atoms with Crippen molar-refractivity contribution in [2.24, 2.45) is 0 Å². The SMILES string of the molecule is c1ccc(Nc2cc(N(c3ccccc3)c3ccccc3)c3c4c2CCCN4CCC3)cc1. The molecule has 0 aromatic heterocycles. The minimum Gasteiger partial charge on any atom is -0.371 e. The molecule has 0 spiro atoms. The standard InChI is InChI=1S/C30H29N3/c1-4-12-23(13-5-1)31-28-22-29(27-19-11-21-32-20-10-18-26(28)30(27)32)33(24-14-6-2-7-15-24)25-16-8-3-9-17-25/h1-9,12-17,22,31H,10-11,18-21H2. The molecule has 3 nitrogen and oxygen atoms in total. The van der Waals surface area contributed by atoms with Gasteiger partial charge in [0, 0.05) is 47.1 Å². The number of para-hydroxylation sites is 3. The molecule has 33 heavy (non-hydrogen) atoms. The monoisotopic (exact) mass is 431 g/mol. The molecule has 4 aromatic rings. The average Bonchev–Trinajstić information content (AvgIpc) is 2.89. The minimum absolute atomic E-state index is 1.12. The highest BCUT2D eigenvalue weighted by atomic mass is 15.2. The van der Waals surface area contributed by atoms with Crippen LogP contribution in [0.3, 0.4) is 0 Å². The zero-order chi connectivity index (χ0) is 22.0. The van der Waals surface area contributed by atoms with Gasteiger partial charge in [-0.15, -0.1) is 0 Å². The van der Waals surface area contributed by atoms with Crippen LogP contribution in [0.1, 0.15) is 24.0 Å². The van der Waals surface area contributed by atoms with Crippen molar-refractivity contribution in [1.29, 1.82) is 0 Å². The van der Waals surface area contributed by atoms with Gasteiger partial charge in [-0.05, 0) is 73.7 Å². The van der Waals surface area contributed by atoms with Gasteiger partial charge in [0.25, 0.3) is 0 Å². The van der Waals surface area contributed by atoms with Gasteiger partial charge < -0.3 is 15.1 Å². The zero-order valence-corrected chi connectivity index (χ0v) is 18.9. The summed E-state index contributed by atoms with van der Waals surface area (Å²) in [7, 11) is 0. The maximum absolute atomic E-state index is 3.77. The van der Waals surface area contributed by atoms with Crippen molar-refractivity contribution in [3.63, 3.8) is 0 Å². The highest BCUT2D eigenvalue weighted by molar-refractivity contribution is 5.89. The molecule has 3 heteroatoms. The molecule has 0 saturated heterocycles. The first-order chi connectivity index (χ1) is 16.4. The number of nitrogens with zero attached hydrogens (tertiary/aromatic N) is 2. The van der Waals surface area contributed by atoms with Crippen LogP contribution in [-0.2, 0) is 12.8 Å². The van der Waals surface area contributed by atoms with Gasteiger partial charge in [-0.3, -0.25) is 0 Å². The Kier molecular flexibility index (Phi) is 5.23. The van der Waals surface area contributed by atoms with Gasteiger partial charge in [0.1, 0.15) is 0 Å². The van der Waals surface area contributed by atoms with Crippen LogP contribution in [0.25, 0.3) is 0 Å². The molecular weight excluding hydrogens is 402 g/mol. The van der Waals surface area contributed by atoms with Gasteiger partial charge in [-0.1, -0.05) is 54.6 Å². The average molecular weight is 432 g/mol. The van der Waals surface area contributed by atoms with Gasteiger partial charge in [0.05, 0.1) is 5.69 Å². The molecule has 0 fully saturated rings. The zero-order valence-electron chi connectivity index (χ0n) is 18.9. The van der Waals surface area contributed by atoms with E-state index in [1.165, 1.54) is 52.4 Å². The summed E-state index contributed by atoms with van der Waals surface area (Å²) in [5.74, 6) is 0. The number of benzene rings is 4. The number of hydrogen-bond donors (Lipinski definition) is 1. The molecule has 0 amide bonds. The molecule has 0 aliphatic carbocycles. The van der Waals surface area contributed by atoms with Gasteiger partial charge in [-0.2, -0.15) is 0 Å². The van der Waals surface area contributed by atoms with Crippen molar-refractivity contribution in [1.82, 2.24) is 0 Å². The van der Waals surface area contributed by atoms with E-state index in [0.717, 1.165) is 31.6 Å². The Bertz CT molecular complexity index is 1190. The third-order valence-corrected chi connectivity index (χ3v) is 6.84. The lowest BCUT2D eigenvalue weighted by Gasteiger charge is -2.40. The molecule has 0 radical (unpaired) electrons. The van der Waals surface area contributed by atoms with Crippen molar-refractivity contribution in [3.05, 3.63) is 108 Å². The van der Waals surface area contributed by atoms with Crippen molar-refractivity contribution >= 4 is 34.1 Å². The van der Waals surface area contributed by atoms with E-state index in [1.807, 2.05) is 0 Å². The van der Waals surface area contributed by atoms with Gasteiger partial charge >= 0.3 is 0 Å². The third kappa shape index (κ3) is 3.74. The van der Waals surface area contributed by atoms with Crippen LogP contribution in [0.15, 0.2) is 97.1 Å². The smallest absolute Gasteiger partial charge is 0.0535 e. The lowest BCUT2D eigenvalue weighted by atomic mass is 9.88. The Hall–Kier alpha value is -3.72. The van der Waals surface area contributed by atoms with Crippen molar-refractivity contribution in [3.8, 4) is 0 Å². The first-order valence-corrected chi connectivity index (χ1v) is 12.0. The predicted molar refractivity (Wildman–Crippen MR) is 140 cm³/mol. The maximum atomic E-state index is 3.77. The number of hydrogen-bond acceptors (Lipinski definition) is 3. The van der Waals surface area contributed by atoms with Crippen LogP contribution < -0.4 is 15.1 Å². The second kappa shape index (κ2) is 8.67. The summed E-state index contributed by atoms with van der Waals surface area (Å²) in [6.07, 6.45) is 4.68.